The molecule has 1 aliphatic heterocycles. The summed E-state index contributed by atoms with van der Waals surface area (Å²) in [6.07, 6.45) is -2.10. The molecule has 0 bridgehead atoms. The average Bonchev–Trinajstić information content (AvgIpc) is 3.00. The van der Waals surface area contributed by atoms with Crippen LogP contribution < -0.4 is 0 Å². The summed E-state index contributed by atoms with van der Waals surface area (Å²) in [5.41, 5.74) is -0.570. The van der Waals surface area contributed by atoms with Crippen LogP contribution in [0, 0.1) is 6.92 Å². The van der Waals surface area contributed by atoms with E-state index in [9.17, 15) is 14.4 Å². The highest BCUT2D eigenvalue weighted by Gasteiger charge is 2.29. The Bertz CT molecular complexity index is 684. The summed E-state index contributed by atoms with van der Waals surface area (Å²) in [5.74, 6) is -0.0889. The summed E-state index contributed by atoms with van der Waals surface area (Å²) in [6.45, 7) is 9.82. The summed E-state index contributed by atoms with van der Waals surface area (Å²) in [6, 6.07) is 3.12. The number of furan rings is 1. The molecule has 2 amide bonds. The molecule has 9 nitrogen and oxygen atoms in total. The van der Waals surface area contributed by atoms with Gasteiger partial charge in [-0.25, -0.2) is 14.4 Å². The number of amides is 2. The minimum absolute atomic E-state index is 0.0429. The molecule has 0 aliphatic carbocycles. The lowest BCUT2D eigenvalue weighted by Gasteiger charge is -2.35. The van der Waals surface area contributed by atoms with Crippen LogP contribution in [0.15, 0.2) is 16.5 Å². The number of esters is 1. The standard InChI is InChI=1S/C18H26N2O7/c1-12-6-7-14(24-12)15(21)25-13(2)26-16(22)19-8-10-20(11-9-19)17(23)27-18(3,4)5/h6-7,13H,8-11H2,1-5H3. The van der Waals surface area contributed by atoms with Crippen molar-refractivity contribution in [3.8, 4) is 0 Å². The molecular weight excluding hydrogens is 356 g/mol. The van der Waals surface area contributed by atoms with Gasteiger partial charge in [0.1, 0.15) is 11.4 Å². The van der Waals surface area contributed by atoms with Gasteiger partial charge in [0.2, 0.25) is 12.1 Å². The highest BCUT2D eigenvalue weighted by molar-refractivity contribution is 5.86. The highest BCUT2D eigenvalue weighted by atomic mass is 16.7. The van der Waals surface area contributed by atoms with Crippen molar-refractivity contribution in [3.05, 3.63) is 23.7 Å². The molecule has 1 aromatic rings. The molecule has 1 atom stereocenters. The number of rotatable bonds is 3. The van der Waals surface area contributed by atoms with Crippen molar-refractivity contribution >= 4 is 18.2 Å². The van der Waals surface area contributed by atoms with E-state index in [-0.39, 0.29) is 5.76 Å². The molecule has 0 aromatic carbocycles. The fraction of sp³-hybridized carbons (Fsp3) is 0.611. The first-order chi connectivity index (χ1) is 12.5. The second kappa shape index (κ2) is 8.32. The van der Waals surface area contributed by atoms with E-state index in [1.807, 2.05) is 0 Å². The van der Waals surface area contributed by atoms with Gasteiger partial charge in [-0.3, -0.25) is 0 Å². The number of aryl methyl sites for hydroxylation is 1. The maximum Gasteiger partial charge on any atom is 0.412 e. The van der Waals surface area contributed by atoms with Crippen molar-refractivity contribution in [1.29, 1.82) is 0 Å². The first-order valence-electron chi connectivity index (χ1n) is 8.76. The number of piperazine rings is 1. The number of hydrogen-bond donors (Lipinski definition) is 0. The van der Waals surface area contributed by atoms with E-state index in [0.717, 1.165) is 0 Å². The normalized spacial score (nSPS) is 15.9. The smallest absolute Gasteiger partial charge is 0.412 e. The molecule has 0 spiro atoms. The minimum Gasteiger partial charge on any atom is -0.454 e. The van der Waals surface area contributed by atoms with Gasteiger partial charge in [-0.05, 0) is 39.8 Å². The maximum atomic E-state index is 12.2. The summed E-state index contributed by atoms with van der Waals surface area (Å²) in [5, 5.41) is 0. The first kappa shape index (κ1) is 20.6. The molecule has 9 heteroatoms. The van der Waals surface area contributed by atoms with Crippen molar-refractivity contribution in [2.45, 2.75) is 46.5 Å². The van der Waals surface area contributed by atoms with Gasteiger partial charge in [-0.15, -0.1) is 0 Å². The second-order valence-electron chi connectivity index (χ2n) is 7.22. The van der Waals surface area contributed by atoms with Crippen molar-refractivity contribution in [2.24, 2.45) is 0 Å². The van der Waals surface area contributed by atoms with Crippen LogP contribution in [0.1, 0.15) is 44.0 Å². The average molecular weight is 382 g/mol. The molecule has 1 saturated heterocycles. The van der Waals surface area contributed by atoms with Crippen LogP contribution in [0.2, 0.25) is 0 Å². The Hall–Kier alpha value is -2.71. The molecule has 0 N–H and O–H groups in total. The van der Waals surface area contributed by atoms with Gasteiger partial charge in [0.15, 0.2) is 0 Å². The van der Waals surface area contributed by atoms with Crippen LogP contribution in [0.3, 0.4) is 0 Å². The Morgan fingerprint density at radius 2 is 1.56 bits per heavy atom. The van der Waals surface area contributed by atoms with Crippen molar-refractivity contribution < 1.29 is 33.0 Å². The molecule has 2 rings (SSSR count). The van der Waals surface area contributed by atoms with Crippen molar-refractivity contribution in [2.75, 3.05) is 26.2 Å². The van der Waals surface area contributed by atoms with Gasteiger partial charge in [0.25, 0.3) is 0 Å². The molecule has 150 valence electrons. The molecule has 0 radical (unpaired) electrons. The van der Waals surface area contributed by atoms with Crippen LogP contribution in [-0.4, -0.2) is 66.0 Å². The van der Waals surface area contributed by atoms with Crippen molar-refractivity contribution in [1.82, 2.24) is 9.80 Å². The molecule has 1 aromatic heterocycles. The second-order valence-corrected chi connectivity index (χ2v) is 7.22. The summed E-state index contributed by atoms with van der Waals surface area (Å²) in [4.78, 5) is 39.1. The molecule has 1 aliphatic rings. The molecular formula is C18H26N2O7. The lowest BCUT2D eigenvalue weighted by molar-refractivity contribution is -0.0734. The van der Waals surface area contributed by atoms with E-state index in [1.165, 1.54) is 22.8 Å². The van der Waals surface area contributed by atoms with Crippen LogP contribution in [0.4, 0.5) is 9.59 Å². The number of carbonyl (C=O) groups excluding carboxylic acids is 3. The number of ether oxygens (including phenoxy) is 3. The lowest BCUT2D eigenvalue weighted by atomic mass is 10.2. The predicted octanol–water partition coefficient (Wildman–Crippen LogP) is 2.78. The Balaban J connectivity index is 1.77. The van der Waals surface area contributed by atoms with E-state index in [0.29, 0.717) is 31.9 Å². The topological polar surface area (TPSA) is 98.5 Å². The van der Waals surface area contributed by atoms with Gasteiger partial charge in [-0.1, -0.05) is 0 Å². The SMILES string of the molecule is Cc1ccc(C(=O)OC(C)OC(=O)N2CCN(C(=O)OC(C)(C)C)CC2)o1. The Kier molecular flexibility index (Phi) is 6.35. The Morgan fingerprint density at radius 3 is 2.04 bits per heavy atom. The monoisotopic (exact) mass is 382 g/mol. The third-order valence-corrected chi connectivity index (χ3v) is 3.67. The largest absolute Gasteiger partial charge is 0.454 e. The fourth-order valence-corrected chi connectivity index (χ4v) is 2.39. The summed E-state index contributed by atoms with van der Waals surface area (Å²) < 4.78 is 20.6. The van der Waals surface area contributed by atoms with Crippen LogP contribution in [0.5, 0.6) is 0 Å². The molecule has 1 fully saturated rings. The van der Waals surface area contributed by atoms with E-state index < -0.39 is 30.0 Å². The lowest BCUT2D eigenvalue weighted by Crippen LogP contribution is -2.52. The van der Waals surface area contributed by atoms with Crippen LogP contribution >= 0.6 is 0 Å². The van der Waals surface area contributed by atoms with Crippen molar-refractivity contribution in [3.63, 3.8) is 0 Å². The molecule has 1 unspecified atom stereocenters. The quantitative estimate of drug-likeness (QED) is 0.585. The van der Waals surface area contributed by atoms with Gasteiger partial charge in [0.05, 0.1) is 0 Å². The first-order valence-corrected chi connectivity index (χ1v) is 8.76. The maximum absolute atomic E-state index is 12.2. The van der Waals surface area contributed by atoms with E-state index in [2.05, 4.69) is 0 Å². The Labute approximate surface area is 158 Å². The molecule has 2 heterocycles. The zero-order valence-electron chi connectivity index (χ0n) is 16.3. The van der Waals surface area contributed by atoms with Gasteiger partial charge >= 0.3 is 18.2 Å². The third-order valence-electron chi connectivity index (χ3n) is 3.67. The van der Waals surface area contributed by atoms with Gasteiger partial charge in [0, 0.05) is 33.1 Å². The zero-order valence-corrected chi connectivity index (χ0v) is 16.3. The van der Waals surface area contributed by atoms with E-state index in [1.54, 1.807) is 33.8 Å². The van der Waals surface area contributed by atoms with Gasteiger partial charge in [-0.2, -0.15) is 0 Å². The van der Waals surface area contributed by atoms with Gasteiger partial charge < -0.3 is 28.4 Å². The third kappa shape index (κ3) is 6.19. The van der Waals surface area contributed by atoms with Crippen LogP contribution in [-0.2, 0) is 14.2 Å². The Morgan fingerprint density at radius 1 is 1.00 bits per heavy atom. The number of carbonyl (C=O) groups is 3. The zero-order chi connectivity index (χ0) is 20.2. The summed E-state index contributed by atoms with van der Waals surface area (Å²) in [7, 11) is 0. The van der Waals surface area contributed by atoms with E-state index in [4.69, 9.17) is 18.6 Å². The minimum atomic E-state index is -1.07. The fourth-order valence-electron chi connectivity index (χ4n) is 2.39. The molecule has 27 heavy (non-hydrogen) atoms. The predicted molar refractivity (Wildman–Crippen MR) is 94.2 cm³/mol. The van der Waals surface area contributed by atoms with Crippen LogP contribution in [0.25, 0.3) is 0 Å². The molecule has 0 saturated carbocycles. The summed E-state index contributed by atoms with van der Waals surface area (Å²) >= 11 is 0. The van der Waals surface area contributed by atoms with E-state index >= 15 is 0 Å². The number of nitrogens with zero attached hydrogens (tertiary/aromatic N) is 2. The number of hydrogen-bond acceptors (Lipinski definition) is 7. The highest BCUT2D eigenvalue weighted by Crippen LogP contribution is 2.13.